The van der Waals surface area contributed by atoms with Crippen LogP contribution in [-0.4, -0.2) is 13.1 Å². The highest BCUT2D eigenvalue weighted by molar-refractivity contribution is 5.85. The Labute approximate surface area is 68.4 Å². The van der Waals surface area contributed by atoms with Gasteiger partial charge in [0.05, 0.1) is 7.11 Å². The summed E-state index contributed by atoms with van der Waals surface area (Å²) in [6.07, 6.45) is 3.81. The Bertz CT molecular complexity index is 83.7. The lowest BCUT2D eigenvalue weighted by atomic mass is 10.2. The second kappa shape index (κ2) is 8.76. The number of carbonyl (C=O) groups is 1. The van der Waals surface area contributed by atoms with Crippen molar-refractivity contribution in [2.24, 2.45) is 0 Å². The van der Waals surface area contributed by atoms with Gasteiger partial charge in [0.25, 0.3) is 0 Å². The van der Waals surface area contributed by atoms with Gasteiger partial charge in [-0.3, -0.25) is 4.79 Å². The number of halogens is 1. The summed E-state index contributed by atoms with van der Waals surface area (Å²) in [6.45, 7) is 2.11. The maximum atomic E-state index is 10.5. The lowest BCUT2D eigenvalue weighted by Crippen LogP contribution is -1.98. The third-order valence-corrected chi connectivity index (χ3v) is 1.21. The van der Waals surface area contributed by atoms with Crippen LogP contribution in [0.1, 0.15) is 32.6 Å². The molecule has 0 heterocycles. The van der Waals surface area contributed by atoms with Crippen molar-refractivity contribution in [3.63, 3.8) is 0 Å². The molecule has 0 N–H and O–H groups in total. The van der Waals surface area contributed by atoms with Gasteiger partial charge in [-0.15, -0.1) is 12.4 Å². The SMILES string of the molecule is CCCCCC(=O)OC.Cl. The van der Waals surface area contributed by atoms with Crippen LogP contribution in [0.4, 0.5) is 0 Å². The van der Waals surface area contributed by atoms with E-state index in [1.54, 1.807) is 0 Å². The molecule has 0 aromatic heterocycles. The molecule has 0 aliphatic heterocycles. The van der Waals surface area contributed by atoms with Crippen LogP contribution in [0.5, 0.6) is 0 Å². The van der Waals surface area contributed by atoms with Crippen molar-refractivity contribution in [3.05, 3.63) is 0 Å². The first-order valence-corrected chi connectivity index (χ1v) is 3.38. The fourth-order valence-corrected chi connectivity index (χ4v) is 0.621. The molecule has 0 radical (unpaired) electrons. The van der Waals surface area contributed by atoms with Gasteiger partial charge in [-0.05, 0) is 6.42 Å². The predicted molar refractivity (Wildman–Crippen MR) is 43.4 cm³/mol. The van der Waals surface area contributed by atoms with E-state index < -0.39 is 0 Å². The lowest BCUT2D eigenvalue weighted by molar-refractivity contribution is -0.140. The molecule has 0 atom stereocenters. The highest BCUT2D eigenvalue weighted by Gasteiger charge is 1.96. The highest BCUT2D eigenvalue weighted by atomic mass is 35.5. The van der Waals surface area contributed by atoms with E-state index in [4.69, 9.17) is 0 Å². The van der Waals surface area contributed by atoms with E-state index in [1.807, 2.05) is 0 Å². The summed E-state index contributed by atoms with van der Waals surface area (Å²) in [7, 11) is 1.42. The molecule has 62 valence electrons. The first kappa shape index (κ1) is 12.4. The van der Waals surface area contributed by atoms with Gasteiger partial charge in [0.2, 0.25) is 0 Å². The molecule has 0 amide bonds. The Balaban J connectivity index is 0. The number of hydrogen-bond acceptors (Lipinski definition) is 2. The van der Waals surface area contributed by atoms with Crippen LogP contribution < -0.4 is 0 Å². The van der Waals surface area contributed by atoms with Gasteiger partial charge in [0.15, 0.2) is 0 Å². The van der Waals surface area contributed by atoms with Crippen molar-refractivity contribution in [3.8, 4) is 0 Å². The van der Waals surface area contributed by atoms with Crippen LogP contribution in [0.15, 0.2) is 0 Å². The quantitative estimate of drug-likeness (QED) is 0.473. The number of methoxy groups -OCH3 is 1. The molecular formula is C7H15ClO2. The number of hydrogen-bond donors (Lipinski definition) is 0. The standard InChI is InChI=1S/C7H14O2.ClH/c1-3-4-5-6-7(8)9-2;/h3-6H2,1-2H3;1H. The van der Waals surface area contributed by atoms with E-state index in [9.17, 15) is 4.79 Å². The molecule has 0 aliphatic rings. The molecule has 0 rings (SSSR count). The summed E-state index contributed by atoms with van der Waals surface area (Å²) in [5.41, 5.74) is 0. The maximum Gasteiger partial charge on any atom is 0.305 e. The first-order valence-electron chi connectivity index (χ1n) is 3.38. The molecule has 0 aliphatic carbocycles. The molecule has 0 bridgehead atoms. The van der Waals surface area contributed by atoms with Crippen molar-refractivity contribution in [1.29, 1.82) is 0 Å². The summed E-state index contributed by atoms with van der Waals surface area (Å²) in [5.74, 6) is -0.0940. The average Bonchev–Trinajstić information content (AvgIpc) is 1.89. The molecule has 0 aromatic carbocycles. The smallest absolute Gasteiger partial charge is 0.305 e. The minimum absolute atomic E-state index is 0. The summed E-state index contributed by atoms with van der Waals surface area (Å²) in [6, 6.07) is 0. The van der Waals surface area contributed by atoms with E-state index in [0.717, 1.165) is 19.3 Å². The second-order valence-electron chi connectivity index (χ2n) is 2.03. The third kappa shape index (κ3) is 7.76. The fraction of sp³-hybridized carbons (Fsp3) is 0.857. The lowest BCUT2D eigenvalue weighted by Gasteiger charge is -1.95. The molecular weight excluding hydrogens is 152 g/mol. The largest absolute Gasteiger partial charge is 0.469 e. The fourth-order valence-electron chi connectivity index (χ4n) is 0.621. The minimum Gasteiger partial charge on any atom is -0.469 e. The molecule has 0 aromatic rings. The Morgan fingerprint density at radius 3 is 2.40 bits per heavy atom. The third-order valence-electron chi connectivity index (χ3n) is 1.21. The number of unbranched alkanes of at least 4 members (excludes halogenated alkanes) is 2. The zero-order valence-corrected chi connectivity index (χ0v) is 7.37. The number of rotatable bonds is 4. The van der Waals surface area contributed by atoms with Gasteiger partial charge in [0.1, 0.15) is 0 Å². The van der Waals surface area contributed by atoms with Crippen LogP contribution in [0.25, 0.3) is 0 Å². The molecule has 0 fully saturated rings. The molecule has 3 heteroatoms. The van der Waals surface area contributed by atoms with Crippen LogP contribution in [0.3, 0.4) is 0 Å². The predicted octanol–water partition coefficient (Wildman–Crippen LogP) is 2.16. The molecule has 2 nitrogen and oxygen atoms in total. The van der Waals surface area contributed by atoms with E-state index in [2.05, 4.69) is 11.7 Å². The van der Waals surface area contributed by atoms with Crippen molar-refractivity contribution in [2.45, 2.75) is 32.6 Å². The van der Waals surface area contributed by atoms with E-state index >= 15 is 0 Å². The van der Waals surface area contributed by atoms with Crippen molar-refractivity contribution in [1.82, 2.24) is 0 Å². The highest BCUT2D eigenvalue weighted by Crippen LogP contribution is 1.98. The zero-order chi connectivity index (χ0) is 7.11. The Morgan fingerprint density at radius 2 is 2.00 bits per heavy atom. The van der Waals surface area contributed by atoms with Crippen LogP contribution in [0, 0.1) is 0 Å². The first-order chi connectivity index (χ1) is 4.31. The summed E-state index contributed by atoms with van der Waals surface area (Å²) < 4.78 is 4.46. The van der Waals surface area contributed by atoms with Gasteiger partial charge >= 0.3 is 5.97 Å². The summed E-state index contributed by atoms with van der Waals surface area (Å²) in [5, 5.41) is 0. The van der Waals surface area contributed by atoms with E-state index in [-0.39, 0.29) is 18.4 Å². The van der Waals surface area contributed by atoms with Crippen LogP contribution >= 0.6 is 12.4 Å². The molecule has 10 heavy (non-hydrogen) atoms. The molecule has 0 spiro atoms. The Morgan fingerprint density at radius 1 is 1.40 bits per heavy atom. The topological polar surface area (TPSA) is 26.3 Å². The van der Waals surface area contributed by atoms with Crippen molar-refractivity contribution < 1.29 is 9.53 Å². The van der Waals surface area contributed by atoms with E-state index in [0.29, 0.717) is 6.42 Å². The summed E-state index contributed by atoms with van der Waals surface area (Å²) in [4.78, 5) is 10.5. The van der Waals surface area contributed by atoms with Gasteiger partial charge in [0, 0.05) is 6.42 Å². The average molecular weight is 167 g/mol. The van der Waals surface area contributed by atoms with Crippen molar-refractivity contribution >= 4 is 18.4 Å². The number of carbonyl (C=O) groups excluding carboxylic acids is 1. The number of ether oxygens (including phenoxy) is 1. The van der Waals surface area contributed by atoms with Crippen LogP contribution in [0.2, 0.25) is 0 Å². The Kier molecular flexibility index (Phi) is 10.9. The monoisotopic (exact) mass is 166 g/mol. The van der Waals surface area contributed by atoms with Crippen LogP contribution in [-0.2, 0) is 9.53 Å². The molecule has 0 saturated carbocycles. The second-order valence-corrected chi connectivity index (χ2v) is 2.03. The van der Waals surface area contributed by atoms with Crippen molar-refractivity contribution in [2.75, 3.05) is 7.11 Å². The minimum atomic E-state index is -0.0940. The van der Waals surface area contributed by atoms with Gasteiger partial charge in [-0.1, -0.05) is 19.8 Å². The van der Waals surface area contributed by atoms with Gasteiger partial charge in [-0.2, -0.15) is 0 Å². The Hall–Kier alpha value is -0.240. The summed E-state index contributed by atoms with van der Waals surface area (Å²) >= 11 is 0. The molecule has 0 unspecified atom stereocenters. The maximum absolute atomic E-state index is 10.5. The van der Waals surface area contributed by atoms with Gasteiger partial charge < -0.3 is 4.74 Å². The zero-order valence-electron chi connectivity index (χ0n) is 6.55. The van der Waals surface area contributed by atoms with Gasteiger partial charge in [-0.25, -0.2) is 0 Å². The van der Waals surface area contributed by atoms with E-state index in [1.165, 1.54) is 7.11 Å². The number of esters is 1. The normalized spacial score (nSPS) is 8.20. The molecule has 0 saturated heterocycles.